The first-order chi connectivity index (χ1) is 16.4. The number of carbonyl (C=O) groups is 2. The molecule has 5 aliphatic rings. The third-order valence-corrected chi connectivity index (χ3v) is 8.89. The molecule has 2 N–H and O–H groups in total. The maximum atomic E-state index is 13.4. The van der Waals surface area contributed by atoms with Crippen molar-refractivity contribution in [1.82, 2.24) is 14.7 Å². The summed E-state index contributed by atoms with van der Waals surface area (Å²) in [4.78, 5) is 32.6. The molecule has 10 heteroatoms. The fourth-order valence-corrected chi connectivity index (χ4v) is 7.25. The SMILES string of the molecule is C[C@@H](CN1C[C@H]2C[C@@H]1C(=O)N2[C@H]1CCc2cc(NS(=O)O)ccc21)C(=O)N1C2C[C@H]2C[C@H]1C#N. The Bertz CT molecular complexity index is 1120. The fraction of sp³-hybridized carbons (Fsp3) is 0.625. The van der Waals surface area contributed by atoms with Gasteiger partial charge in [0.25, 0.3) is 11.3 Å². The van der Waals surface area contributed by atoms with Crippen LogP contribution in [-0.4, -0.2) is 72.5 Å². The van der Waals surface area contributed by atoms with Crippen LogP contribution in [0, 0.1) is 23.2 Å². The Morgan fingerprint density at radius 1 is 1.32 bits per heavy atom. The number of hydrogen-bond donors (Lipinski definition) is 2. The average molecular weight is 484 g/mol. The summed E-state index contributed by atoms with van der Waals surface area (Å²) in [5, 5.41) is 9.43. The highest BCUT2D eigenvalue weighted by Gasteiger charge is 2.56. The molecular formula is C24H29N5O4S. The first-order valence-electron chi connectivity index (χ1n) is 12.1. The molecule has 34 heavy (non-hydrogen) atoms. The lowest BCUT2D eigenvalue weighted by Gasteiger charge is -2.39. The van der Waals surface area contributed by atoms with Crippen LogP contribution in [0.4, 0.5) is 5.69 Å². The summed E-state index contributed by atoms with van der Waals surface area (Å²) >= 11 is -2.11. The number of fused-ring (bicyclic) bond motifs is 4. The average Bonchev–Trinajstić information content (AvgIpc) is 3.14. The van der Waals surface area contributed by atoms with Gasteiger partial charge in [-0.1, -0.05) is 13.0 Å². The monoisotopic (exact) mass is 483 g/mol. The number of nitrogens with zero attached hydrogens (tertiary/aromatic N) is 4. The molecular weight excluding hydrogens is 454 g/mol. The van der Waals surface area contributed by atoms with Crippen LogP contribution in [0.5, 0.6) is 0 Å². The first kappa shape index (κ1) is 22.0. The predicted octanol–water partition coefficient (Wildman–Crippen LogP) is 1.66. The van der Waals surface area contributed by atoms with Crippen LogP contribution in [-0.2, 0) is 27.3 Å². The standard InChI is InChI=1S/C24H29N5O4S/c1-13(23(30)28-17(10-25)7-15-8-21(15)28)11-27-12-18-9-22(27)24(31)29(18)20-5-2-14-6-16(26-34(32)33)3-4-19(14)20/h3-4,6,13,15,17-18,20-22,26H,2,5,7-9,11-12H2,1H3,(H,32,33)/t13-,15+,17-,18+,20-,21?,22+/m0/s1. The van der Waals surface area contributed by atoms with Gasteiger partial charge in [0, 0.05) is 36.8 Å². The summed E-state index contributed by atoms with van der Waals surface area (Å²) in [6, 6.07) is 7.92. The lowest BCUT2D eigenvalue weighted by Crippen LogP contribution is -2.53. The summed E-state index contributed by atoms with van der Waals surface area (Å²) in [5.41, 5.74) is 2.84. The van der Waals surface area contributed by atoms with E-state index >= 15 is 0 Å². The molecule has 3 aliphatic heterocycles. The number of benzene rings is 1. The highest BCUT2D eigenvalue weighted by Crippen LogP contribution is 2.48. The number of piperazine rings is 1. The summed E-state index contributed by atoms with van der Waals surface area (Å²) < 4.78 is 22.6. The molecule has 3 heterocycles. The van der Waals surface area contributed by atoms with Gasteiger partial charge in [0.2, 0.25) is 11.8 Å². The van der Waals surface area contributed by atoms with Crippen molar-refractivity contribution in [3.8, 4) is 6.07 Å². The Hall–Kier alpha value is -2.48. The Morgan fingerprint density at radius 2 is 2.15 bits per heavy atom. The van der Waals surface area contributed by atoms with Crippen molar-refractivity contribution in [1.29, 1.82) is 5.26 Å². The minimum absolute atomic E-state index is 0.0418. The smallest absolute Gasteiger partial charge is 0.259 e. The van der Waals surface area contributed by atoms with Crippen molar-refractivity contribution in [2.24, 2.45) is 11.8 Å². The highest BCUT2D eigenvalue weighted by molar-refractivity contribution is 7.80. The van der Waals surface area contributed by atoms with E-state index in [0.29, 0.717) is 18.2 Å². The predicted molar refractivity (Wildman–Crippen MR) is 124 cm³/mol. The molecule has 9 nitrogen and oxygen atoms in total. The van der Waals surface area contributed by atoms with E-state index in [1.165, 1.54) is 0 Å². The number of likely N-dealkylation sites (tertiary alicyclic amines) is 3. The lowest BCUT2D eigenvalue weighted by molar-refractivity contribution is -0.142. The molecule has 1 aromatic rings. The molecule has 2 amide bonds. The Kier molecular flexibility index (Phi) is 5.20. The lowest BCUT2D eigenvalue weighted by atomic mass is 10.0. The topological polar surface area (TPSA) is 117 Å². The van der Waals surface area contributed by atoms with Gasteiger partial charge in [-0.3, -0.25) is 23.8 Å². The third kappa shape index (κ3) is 3.44. The number of aryl methyl sites for hydroxylation is 1. The summed E-state index contributed by atoms with van der Waals surface area (Å²) in [6.07, 6.45) is 4.32. The normalized spacial score (nSPS) is 35.1. The number of amides is 2. The zero-order valence-electron chi connectivity index (χ0n) is 19.1. The third-order valence-electron chi connectivity index (χ3n) is 8.48. The van der Waals surface area contributed by atoms with E-state index in [0.717, 1.165) is 49.8 Å². The van der Waals surface area contributed by atoms with E-state index in [1.807, 2.05) is 24.0 Å². The van der Waals surface area contributed by atoms with Gasteiger partial charge in [0.05, 0.1) is 18.2 Å². The van der Waals surface area contributed by atoms with Crippen LogP contribution in [0.1, 0.15) is 49.8 Å². The molecule has 4 fully saturated rings. The summed E-state index contributed by atoms with van der Waals surface area (Å²) in [6.45, 7) is 3.26. The largest absolute Gasteiger partial charge is 0.330 e. The second-order valence-electron chi connectivity index (χ2n) is 10.5. The first-order valence-corrected chi connectivity index (χ1v) is 13.2. The van der Waals surface area contributed by atoms with E-state index in [2.05, 4.69) is 20.6 Å². The van der Waals surface area contributed by atoms with Crippen LogP contribution in [0.3, 0.4) is 0 Å². The van der Waals surface area contributed by atoms with Gasteiger partial charge >= 0.3 is 0 Å². The van der Waals surface area contributed by atoms with Crippen molar-refractivity contribution in [2.75, 3.05) is 17.8 Å². The molecule has 2 unspecified atom stereocenters. The van der Waals surface area contributed by atoms with Crippen molar-refractivity contribution in [3.05, 3.63) is 29.3 Å². The summed E-state index contributed by atoms with van der Waals surface area (Å²) in [5.74, 6) is 0.476. The molecule has 1 saturated carbocycles. The minimum atomic E-state index is -2.11. The highest BCUT2D eigenvalue weighted by atomic mass is 32.2. The van der Waals surface area contributed by atoms with Gasteiger partial charge in [-0.05, 0) is 61.3 Å². The van der Waals surface area contributed by atoms with E-state index < -0.39 is 11.3 Å². The zero-order chi connectivity index (χ0) is 23.7. The van der Waals surface area contributed by atoms with Crippen molar-refractivity contribution in [2.45, 2.75) is 69.2 Å². The van der Waals surface area contributed by atoms with Gasteiger partial charge in [-0.2, -0.15) is 5.26 Å². The number of hydrogen-bond acceptors (Lipinski definition) is 5. The van der Waals surface area contributed by atoms with E-state index in [4.69, 9.17) is 4.55 Å². The van der Waals surface area contributed by atoms with Crippen molar-refractivity contribution < 1.29 is 18.4 Å². The molecule has 0 spiro atoms. The quantitative estimate of drug-likeness (QED) is 0.595. The van der Waals surface area contributed by atoms with Gasteiger partial charge in [0.1, 0.15) is 6.04 Å². The number of piperidine rings is 1. The second-order valence-corrected chi connectivity index (χ2v) is 11.2. The van der Waals surface area contributed by atoms with Crippen molar-refractivity contribution >= 4 is 28.8 Å². The van der Waals surface area contributed by atoms with Crippen LogP contribution in [0.25, 0.3) is 0 Å². The van der Waals surface area contributed by atoms with Crippen LogP contribution in [0.15, 0.2) is 18.2 Å². The van der Waals surface area contributed by atoms with Crippen LogP contribution >= 0.6 is 0 Å². The van der Waals surface area contributed by atoms with E-state index in [1.54, 1.807) is 6.07 Å². The Labute approximate surface area is 201 Å². The zero-order valence-corrected chi connectivity index (χ0v) is 19.9. The Balaban J connectivity index is 1.11. The number of carbonyl (C=O) groups excluding carboxylic acids is 2. The minimum Gasteiger partial charge on any atom is -0.330 e. The molecule has 2 bridgehead atoms. The van der Waals surface area contributed by atoms with E-state index in [-0.39, 0.29) is 47.9 Å². The van der Waals surface area contributed by atoms with Crippen LogP contribution in [0.2, 0.25) is 0 Å². The molecule has 3 saturated heterocycles. The van der Waals surface area contributed by atoms with Crippen LogP contribution < -0.4 is 4.72 Å². The maximum absolute atomic E-state index is 13.4. The Morgan fingerprint density at radius 3 is 2.88 bits per heavy atom. The van der Waals surface area contributed by atoms with Gasteiger partial charge in [-0.25, -0.2) is 4.21 Å². The maximum Gasteiger partial charge on any atom is 0.259 e. The second kappa shape index (κ2) is 8.04. The number of nitrogens with one attached hydrogen (secondary N) is 1. The molecule has 2 aliphatic carbocycles. The number of anilines is 1. The fourth-order valence-electron chi connectivity index (χ4n) is 6.92. The van der Waals surface area contributed by atoms with Gasteiger partial charge < -0.3 is 9.80 Å². The molecule has 6 rings (SSSR count). The molecule has 0 aromatic heterocycles. The molecule has 8 atom stereocenters. The number of nitriles is 1. The molecule has 0 radical (unpaired) electrons. The van der Waals surface area contributed by atoms with E-state index in [9.17, 15) is 19.1 Å². The van der Waals surface area contributed by atoms with Gasteiger partial charge in [0.15, 0.2) is 0 Å². The molecule has 180 valence electrons. The van der Waals surface area contributed by atoms with Crippen molar-refractivity contribution in [3.63, 3.8) is 0 Å². The van der Waals surface area contributed by atoms with Gasteiger partial charge in [-0.15, -0.1) is 0 Å². The molecule has 1 aromatic carbocycles. The number of rotatable bonds is 6. The summed E-state index contributed by atoms with van der Waals surface area (Å²) in [7, 11) is 0.